The van der Waals surface area contributed by atoms with Gasteiger partial charge in [0.25, 0.3) is 5.69 Å². The Morgan fingerprint density at radius 2 is 1.65 bits per heavy atom. The van der Waals surface area contributed by atoms with E-state index >= 15 is 0 Å². The van der Waals surface area contributed by atoms with E-state index in [4.69, 9.17) is 9.72 Å². The van der Waals surface area contributed by atoms with Gasteiger partial charge in [0.2, 0.25) is 17.6 Å². The molecule has 11 heteroatoms. The van der Waals surface area contributed by atoms with Gasteiger partial charge in [-0.3, -0.25) is 29.4 Å². The van der Waals surface area contributed by atoms with Crippen LogP contribution in [0.3, 0.4) is 0 Å². The zero-order valence-electron chi connectivity index (χ0n) is 22.4. The molecule has 0 radical (unpaired) electrons. The number of Topliss-reactive ketones (excluding diaryl/α,β-unsaturated/α-hetero) is 1. The fraction of sp³-hybridized carbons (Fsp3) is 0.156. The first-order chi connectivity index (χ1) is 20.7. The van der Waals surface area contributed by atoms with Gasteiger partial charge in [0.15, 0.2) is 6.61 Å². The number of anilines is 1. The molecule has 1 aromatic heterocycles. The molecule has 2 aliphatic rings. The molecule has 4 aromatic rings. The number of ketones is 1. The first-order valence-corrected chi connectivity index (χ1v) is 14.2. The van der Waals surface area contributed by atoms with Crippen molar-refractivity contribution in [3.05, 3.63) is 111 Å². The van der Waals surface area contributed by atoms with Gasteiger partial charge in [0, 0.05) is 33.1 Å². The summed E-state index contributed by atoms with van der Waals surface area (Å²) in [6.07, 6.45) is 4.98. The van der Waals surface area contributed by atoms with Crippen molar-refractivity contribution in [2.24, 2.45) is 11.8 Å². The number of carbonyl (C=O) groups is 4. The molecule has 10 nitrogen and oxygen atoms in total. The van der Waals surface area contributed by atoms with Crippen LogP contribution in [0.4, 0.5) is 11.4 Å². The molecule has 6 rings (SSSR count). The van der Waals surface area contributed by atoms with Crippen molar-refractivity contribution in [2.75, 3.05) is 11.5 Å². The number of amides is 2. The number of nitro benzene ring substituents is 1. The van der Waals surface area contributed by atoms with E-state index in [1.807, 2.05) is 12.2 Å². The highest BCUT2D eigenvalue weighted by Gasteiger charge is 2.47. The average Bonchev–Trinajstić information content (AvgIpc) is 3.28. The number of nitrogens with zero attached hydrogens (tertiary/aromatic N) is 3. The summed E-state index contributed by atoms with van der Waals surface area (Å²) in [4.78, 5) is 68.3. The zero-order chi connectivity index (χ0) is 30.2. The molecule has 0 N–H and O–H groups in total. The first kappa shape index (κ1) is 28.1. The molecular weight excluding hydrogens is 618 g/mol. The highest BCUT2D eigenvalue weighted by Crippen LogP contribution is 2.38. The Labute approximate surface area is 253 Å². The number of hydrogen-bond acceptors (Lipinski definition) is 8. The van der Waals surface area contributed by atoms with Gasteiger partial charge in [0.1, 0.15) is 0 Å². The summed E-state index contributed by atoms with van der Waals surface area (Å²) in [5.41, 5.74) is 2.02. The van der Waals surface area contributed by atoms with E-state index in [-0.39, 0.29) is 40.5 Å². The number of esters is 1. The normalized spacial score (nSPS) is 17.7. The second kappa shape index (κ2) is 11.3. The summed E-state index contributed by atoms with van der Waals surface area (Å²) < 4.78 is 6.06. The molecule has 3 aromatic carbocycles. The zero-order valence-corrected chi connectivity index (χ0v) is 24.0. The number of halogens is 1. The molecule has 1 saturated heterocycles. The van der Waals surface area contributed by atoms with E-state index in [1.54, 1.807) is 48.5 Å². The van der Waals surface area contributed by atoms with E-state index in [0.717, 1.165) is 6.07 Å². The van der Waals surface area contributed by atoms with Crippen LogP contribution in [0.5, 0.6) is 0 Å². The van der Waals surface area contributed by atoms with Crippen LogP contribution in [0.15, 0.2) is 89.4 Å². The third-order valence-electron chi connectivity index (χ3n) is 7.63. The third-order valence-corrected chi connectivity index (χ3v) is 8.13. The van der Waals surface area contributed by atoms with Crippen LogP contribution in [0.25, 0.3) is 22.2 Å². The third kappa shape index (κ3) is 5.35. The number of aromatic nitrogens is 1. The van der Waals surface area contributed by atoms with Gasteiger partial charge in [-0.2, -0.15) is 0 Å². The number of non-ortho nitro benzene ring substituents is 1. The number of benzene rings is 3. The maximum atomic E-state index is 13.3. The molecule has 2 atom stereocenters. The standard InChI is InChI=1S/C32H22BrN3O7/c33-20-10-13-27-25(15-20)26(32(40)43-17-29(37)19-4-3-5-22(14-19)36(41)42)16-28(34-27)18-8-11-21(12-9-18)35-30(38)23-6-1-2-7-24(23)31(35)39/h1-5,8-16,23-24H,6-7,17H2. The van der Waals surface area contributed by atoms with E-state index in [1.165, 1.54) is 23.1 Å². The number of pyridine rings is 1. The molecule has 1 fully saturated rings. The lowest BCUT2D eigenvalue weighted by molar-refractivity contribution is -0.384. The molecule has 43 heavy (non-hydrogen) atoms. The fourth-order valence-electron chi connectivity index (χ4n) is 5.44. The Balaban J connectivity index is 1.27. The van der Waals surface area contributed by atoms with Crippen LogP contribution >= 0.6 is 15.9 Å². The molecule has 0 spiro atoms. The summed E-state index contributed by atoms with van der Waals surface area (Å²) in [7, 11) is 0. The van der Waals surface area contributed by atoms with Crippen LogP contribution in [0, 0.1) is 22.0 Å². The number of ether oxygens (including phenoxy) is 1. The van der Waals surface area contributed by atoms with Gasteiger partial charge in [-0.25, -0.2) is 9.78 Å². The topological polar surface area (TPSA) is 137 Å². The van der Waals surface area contributed by atoms with Crippen molar-refractivity contribution in [1.82, 2.24) is 4.98 Å². The minimum absolute atomic E-state index is 0.0515. The van der Waals surface area contributed by atoms with Gasteiger partial charge in [0.05, 0.1) is 39.2 Å². The van der Waals surface area contributed by atoms with E-state index in [9.17, 15) is 29.3 Å². The first-order valence-electron chi connectivity index (χ1n) is 13.4. The van der Waals surface area contributed by atoms with Crippen molar-refractivity contribution >= 4 is 61.8 Å². The fourth-order valence-corrected chi connectivity index (χ4v) is 5.80. The van der Waals surface area contributed by atoms with Crippen LogP contribution in [0.1, 0.15) is 33.6 Å². The smallest absolute Gasteiger partial charge is 0.339 e. The van der Waals surface area contributed by atoms with Gasteiger partial charge in [-0.05, 0) is 49.2 Å². The predicted molar refractivity (Wildman–Crippen MR) is 160 cm³/mol. The lowest BCUT2D eigenvalue weighted by atomic mass is 9.85. The van der Waals surface area contributed by atoms with Crippen molar-refractivity contribution in [2.45, 2.75) is 12.8 Å². The summed E-state index contributed by atoms with van der Waals surface area (Å²) in [5, 5.41) is 11.6. The molecule has 0 bridgehead atoms. The van der Waals surface area contributed by atoms with Gasteiger partial charge < -0.3 is 4.74 Å². The molecule has 1 aliphatic heterocycles. The Morgan fingerprint density at radius 3 is 2.33 bits per heavy atom. The summed E-state index contributed by atoms with van der Waals surface area (Å²) in [5.74, 6) is -2.44. The SMILES string of the molecule is O=C(COC(=O)c1cc(-c2ccc(N3C(=O)C4CC=CCC4C3=O)cc2)nc2ccc(Br)cc12)c1cccc([N+](=O)[O-])c1. The van der Waals surface area contributed by atoms with Gasteiger partial charge in [-0.15, -0.1) is 0 Å². The second-order valence-electron chi connectivity index (χ2n) is 10.2. The van der Waals surface area contributed by atoms with Crippen LogP contribution in [-0.2, 0) is 14.3 Å². The van der Waals surface area contributed by atoms with Crippen LogP contribution < -0.4 is 4.90 Å². The van der Waals surface area contributed by atoms with Crippen LogP contribution in [0.2, 0.25) is 0 Å². The van der Waals surface area contributed by atoms with Crippen LogP contribution in [-0.4, -0.2) is 40.1 Å². The largest absolute Gasteiger partial charge is 0.454 e. The number of allylic oxidation sites excluding steroid dienone is 2. The Kier molecular flexibility index (Phi) is 7.41. The van der Waals surface area contributed by atoms with Crippen molar-refractivity contribution in [3.8, 4) is 11.3 Å². The van der Waals surface area contributed by atoms with Crippen molar-refractivity contribution in [1.29, 1.82) is 0 Å². The average molecular weight is 640 g/mol. The summed E-state index contributed by atoms with van der Waals surface area (Å²) in [6.45, 7) is -0.614. The molecular formula is C32H22BrN3O7. The van der Waals surface area contributed by atoms with Gasteiger partial charge in [-0.1, -0.05) is 52.3 Å². The minimum Gasteiger partial charge on any atom is -0.454 e. The highest BCUT2D eigenvalue weighted by molar-refractivity contribution is 9.10. The predicted octanol–water partition coefficient (Wildman–Crippen LogP) is 6.07. The Bertz CT molecular complexity index is 1840. The Morgan fingerprint density at radius 1 is 0.953 bits per heavy atom. The van der Waals surface area contributed by atoms with Crippen molar-refractivity contribution in [3.63, 3.8) is 0 Å². The summed E-state index contributed by atoms with van der Waals surface area (Å²) in [6, 6.07) is 18.8. The van der Waals surface area contributed by atoms with Gasteiger partial charge >= 0.3 is 5.97 Å². The number of fused-ring (bicyclic) bond motifs is 2. The molecule has 2 heterocycles. The maximum absolute atomic E-state index is 13.3. The quantitative estimate of drug-likeness (QED) is 0.0593. The lowest BCUT2D eigenvalue weighted by Gasteiger charge is -2.15. The number of imide groups is 1. The number of hydrogen-bond donors (Lipinski definition) is 0. The maximum Gasteiger partial charge on any atom is 0.339 e. The Hall–Kier alpha value is -5.03. The summed E-state index contributed by atoms with van der Waals surface area (Å²) >= 11 is 3.41. The number of carbonyl (C=O) groups excluding carboxylic acids is 4. The molecule has 2 amide bonds. The molecule has 2 unspecified atom stereocenters. The van der Waals surface area contributed by atoms with Crippen molar-refractivity contribution < 1.29 is 28.8 Å². The molecule has 0 saturated carbocycles. The van der Waals surface area contributed by atoms with E-state index in [2.05, 4.69) is 15.9 Å². The molecule has 214 valence electrons. The highest BCUT2D eigenvalue weighted by atomic mass is 79.9. The number of nitro groups is 1. The second-order valence-corrected chi connectivity index (χ2v) is 11.2. The monoisotopic (exact) mass is 639 g/mol. The lowest BCUT2D eigenvalue weighted by Crippen LogP contribution is -2.30. The van der Waals surface area contributed by atoms with E-state index < -0.39 is 23.3 Å². The van der Waals surface area contributed by atoms with E-state index in [0.29, 0.717) is 45.2 Å². The minimum atomic E-state index is -0.772. The number of rotatable bonds is 7. The molecule has 1 aliphatic carbocycles.